The maximum atomic E-state index is 12.4. The number of nitriles is 1. The normalized spacial score (nSPS) is 18.7. The molecule has 1 aromatic rings. The van der Waals surface area contributed by atoms with Gasteiger partial charge in [0.05, 0.1) is 5.56 Å². The molecule has 1 aliphatic rings. The van der Waals surface area contributed by atoms with Gasteiger partial charge in [0, 0.05) is 12.6 Å². The van der Waals surface area contributed by atoms with Gasteiger partial charge in [-0.3, -0.25) is 4.79 Å². The summed E-state index contributed by atoms with van der Waals surface area (Å²) in [7, 11) is 0. The summed E-state index contributed by atoms with van der Waals surface area (Å²) in [5.74, 6) is 0.507. The summed E-state index contributed by atoms with van der Waals surface area (Å²) in [6.07, 6.45) is 5.52. The highest BCUT2D eigenvalue weighted by Crippen LogP contribution is 2.20. The number of nitrogens with zero attached hydrogens (tertiary/aromatic N) is 2. The molecule has 0 saturated carbocycles. The van der Waals surface area contributed by atoms with Crippen LogP contribution >= 0.6 is 0 Å². The maximum Gasteiger partial charge on any atom is 0.260 e. The van der Waals surface area contributed by atoms with Crippen molar-refractivity contribution in [3.05, 3.63) is 29.8 Å². The summed E-state index contributed by atoms with van der Waals surface area (Å²) < 4.78 is 5.56. The molecule has 1 unspecified atom stereocenters. The van der Waals surface area contributed by atoms with E-state index >= 15 is 0 Å². The summed E-state index contributed by atoms with van der Waals surface area (Å²) in [4.78, 5) is 14.4. The standard InChI is InChI=1S/C17H22N2O2/c1-2-15-9-4-3-7-11-19(15)17(20)13-21-16-10-6-5-8-14(16)12-18/h5-6,8,10,15H,2-4,7,9,11,13H2,1H3. The molecule has 0 aliphatic carbocycles. The van der Waals surface area contributed by atoms with Crippen LogP contribution in [-0.4, -0.2) is 30.0 Å². The summed E-state index contributed by atoms with van der Waals surface area (Å²) >= 11 is 0. The fourth-order valence-electron chi connectivity index (χ4n) is 2.84. The molecule has 21 heavy (non-hydrogen) atoms. The zero-order chi connectivity index (χ0) is 15.1. The summed E-state index contributed by atoms with van der Waals surface area (Å²) in [5, 5.41) is 9.02. The van der Waals surface area contributed by atoms with Crippen molar-refractivity contribution in [2.75, 3.05) is 13.2 Å². The molecule has 1 saturated heterocycles. The van der Waals surface area contributed by atoms with Gasteiger partial charge in [-0.15, -0.1) is 0 Å². The number of benzene rings is 1. The molecule has 1 amide bonds. The van der Waals surface area contributed by atoms with Crippen LogP contribution < -0.4 is 4.74 Å². The van der Waals surface area contributed by atoms with Crippen molar-refractivity contribution in [2.45, 2.75) is 45.1 Å². The highest BCUT2D eigenvalue weighted by atomic mass is 16.5. The van der Waals surface area contributed by atoms with E-state index in [1.807, 2.05) is 4.90 Å². The maximum absolute atomic E-state index is 12.4. The largest absolute Gasteiger partial charge is 0.482 e. The Morgan fingerprint density at radius 1 is 1.38 bits per heavy atom. The fraction of sp³-hybridized carbons (Fsp3) is 0.529. The molecule has 0 radical (unpaired) electrons. The van der Waals surface area contributed by atoms with Crippen LogP contribution in [0.25, 0.3) is 0 Å². The number of likely N-dealkylation sites (tertiary alicyclic amines) is 1. The van der Waals surface area contributed by atoms with Crippen molar-refractivity contribution in [2.24, 2.45) is 0 Å². The first-order valence-electron chi connectivity index (χ1n) is 7.67. The zero-order valence-electron chi connectivity index (χ0n) is 12.5. The average Bonchev–Trinajstić information content (AvgIpc) is 2.78. The van der Waals surface area contributed by atoms with Crippen LogP contribution in [0.3, 0.4) is 0 Å². The van der Waals surface area contributed by atoms with E-state index in [2.05, 4.69) is 13.0 Å². The second-order valence-electron chi connectivity index (χ2n) is 5.40. The lowest BCUT2D eigenvalue weighted by Gasteiger charge is -2.29. The van der Waals surface area contributed by atoms with Gasteiger partial charge in [0.15, 0.2) is 6.61 Å². The van der Waals surface area contributed by atoms with Crippen LogP contribution in [0, 0.1) is 11.3 Å². The van der Waals surface area contributed by atoms with E-state index in [1.165, 1.54) is 12.8 Å². The van der Waals surface area contributed by atoms with E-state index in [0.29, 0.717) is 17.4 Å². The Hall–Kier alpha value is -2.02. The van der Waals surface area contributed by atoms with Gasteiger partial charge < -0.3 is 9.64 Å². The Balaban J connectivity index is 1.98. The van der Waals surface area contributed by atoms with E-state index in [9.17, 15) is 4.79 Å². The van der Waals surface area contributed by atoms with Gasteiger partial charge in [0.1, 0.15) is 11.8 Å². The highest BCUT2D eigenvalue weighted by Gasteiger charge is 2.24. The van der Waals surface area contributed by atoms with Gasteiger partial charge in [-0.1, -0.05) is 31.9 Å². The van der Waals surface area contributed by atoms with Crippen LogP contribution in [0.2, 0.25) is 0 Å². The minimum Gasteiger partial charge on any atom is -0.482 e. The SMILES string of the molecule is CCC1CCCCCN1C(=O)COc1ccccc1C#N. The molecule has 4 nitrogen and oxygen atoms in total. The number of hydrogen-bond acceptors (Lipinski definition) is 3. The summed E-state index contributed by atoms with van der Waals surface area (Å²) in [6, 6.07) is 9.42. The molecule has 1 aromatic carbocycles. The molecular weight excluding hydrogens is 264 g/mol. The van der Waals surface area contributed by atoms with Crippen molar-refractivity contribution < 1.29 is 9.53 Å². The lowest BCUT2D eigenvalue weighted by Crippen LogP contribution is -2.42. The lowest BCUT2D eigenvalue weighted by atomic mass is 10.1. The quantitative estimate of drug-likeness (QED) is 0.854. The second kappa shape index (κ2) is 7.68. The lowest BCUT2D eigenvalue weighted by molar-refractivity contribution is -0.135. The first-order chi connectivity index (χ1) is 10.3. The molecule has 0 aromatic heterocycles. The third kappa shape index (κ3) is 3.98. The highest BCUT2D eigenvalue weighted by molar-refractivity contribution is 5.78. The number of carbonyl (C=O) groups excluding carboxylic acids is 1. The van der Waals surface area contributed by atoms with Crippen molar-refractivity contribution in [1.82, 2.24) is 4.90 Å². The molecule has 1 heterocycles. The van der Waals surface area contributed by atoms with Gasteiger partial charge in [-0.05, 0) is 31.4 Å². The molecule has 1 atom stereocenters. The molecule has 0 bridgehead atoms. The van der Waals surface area contributed by atoms with Crippen LogP contribution in [0.4, 0.5) is 0 Å². The Bertz CT molecular complexity index is 522. The molecule has 1 aliphatic heterocycles. The Kier molecular flexibility index (Phi) is 5.62. The van der Waals surface area contributed by atoms with E-state index < -0.39 is 0 Å². The molecular formula is C17H22N2O2. The monoisotopic (exact) mass is 286 g/mol. The number of hydrogen-bond donors (Lipinski definition) is 0. The molecule has 2 rings (SSSR count). The average molecular weight is 286 g/mol. The van der Waals surface area contributed by atoms with Gasteiger partial charge >= 0.3 is 0 Å². The molecule has 0 N–H and O–H groups in total. The minimum absolute atomic E-state index is 0.00912. The topological polar surface area (TPSA) is 53.3 Å². The van der Waals surface area contributed by atoms with Gasteiger partial charge in [0.2, 0.25) is 0 Å². The van der Waals surface area contributed by atoms with Gasteiger partial charge in [-0.2, -0.15) is 5.26 Å². The van der Waals surface area contributed by atoms with Crippen molar-refractivity contribution in [3.63, 3.8) is 0 Å². The van der Waals surface area contributed by atoms with Crippen molar-refractivity contribution in [1.29, 1.82) is 5.26 Å². The zero-order valence-corrected chi connectivity index (χ0v) is 12.5. The summed E-state index contributed by atoms with van der Waals surface area (Å²) in [6.45, 7) is 2.96. The van der Waals surface area contributed by atoms with Gasteiger partial charge in [-0.25, -0.2) is 0 Å². The first-order valence-corrected chi connectivity index (χ1v) is 7.67. The third-order valence-corrected chi connectivity index (χ3v) is 4.03. The van der Waals surface area contributed by atoms with Gasteiger partial charge in [0.25, 0.3) is 5.91 Å². The third-order valence-electron chi connectivity index (χ3n) is 4.03. The Morgan fingerprint density at radius 2 is 2.19 bits per heavy atom. The van der Waals surface area contributed by atoms with Crippen molar-refractivity contribution in [3.8, 4) is 11.8 Å². The fourth-order valence-corrected chi connectivity index (χ4v) is 2.84. The predicted octanol–water partition coefficient (Wildman–Crippen LogP) is 3.12. The summed E-state index contributed by atoms with van der Waals surface area (Å²) in [5.41, 5.74) is 0.466. The van der Waals surface area contributed by atoms with E-state index in [4.69, 9.17) is 10.00 Å². The van der Waals surface area contributed by atoms with Crippen molar-refractivity contribution >= 4 is 5.91 Å². The minimum atomic E-state index is 0.00912. The molecule has 112 valence electrons. The van der Waals surface area contributed by atoms with Crippen LogP contribution in [-0.2, 0) is 4.79 Å². The van der Waals surface area contributed by atoms with Crippen LogP contribution in [0.15, 0.2) is 24.3 Å². The number of ether oxygens (including phenoxy) is 1. The Labute approximate surface area is 126 Å². The van der Waals surface area contributed by atoms with Crippen LogP contribution in [0.5, 0.6) is 5.75 Å². The molecule has 4 heteroatoms. The number of amides is 1. The van der Waals surface area contributed by atoms with E-state index in [0.717, 1.165) is 25.8 Å². The number of carbonyl (C=O) groups is 1. The van der Waals surface area contributed by atoms with Crippen LogP contribution in [0.1, 0.15) is 44.6 Å². The number of rotatable bonds is 4. The predicted molar refractivity (Wildman–Crippen MR) is 80.9 cm³/mol. The number of para-hydroxylation sites is 1. The molecule has 1 fully saturated rings. The Morgan fingerprint density at radius 3 is 2.95 bits per heavy atom. The molecule has 0 spiro atoms. The van der Waals surface area contributed by atoms with E-state index in [1.54, 1.807) is 24.3 Å². The van der Waals surface area contributed by atoms with E-state index in [-0.39, 0.29) is 12.5 Å². The first kappa shape index (κ1) is 15.4. The smallest absolute Gasteiger partial charge is 0.260 e. The second-order valence-corrected chi connectivity index (χ2v) is 5.40.